The van der Waals surface area contributed by atoms with Gasteiger partial charge < -0.3 is 29.6 Å². The van der Waals surface area contributed by atoms with E-state index in [1.807, 2.05) is 59.3 Å². The average Bonchev–Trinajstić information content (AvgIpc) is 3.44. The summed E-state index contributed by atoms with van der Waals surface area (Å²) in [7, 11) is 0. The van der Waals surface area contributed by atoms with E-state index in [0.29, 0.717) is 36.5 Å². The molecule has 0 radical (unpaired) electrons. The molecule has 258 valence electrons. The van der Waals surface area contributed by atoms with Crippen molar-refractivity contribution in [1.82, 2.24) is 9.55 Å². The summed E-state index contributed by atoms with van der Waals surface area (Å²) in [5.74, 6) is 0.590. The first-order valence-corrected chi connectivity index (χ1v) is 16.8. The fourth-order valence-corrected chi connectivity index (χ4v) is 6.66. The van der Waals surface area contributed by atoms with Crippen LogP contribution in [-0.2, 0) is 23.9 Å². The fraction of sp³-hybridized carbons (Fsp3) is 0.200. The van der Waals surface area contributed by atoms with Crippen LogP contribution in [0, 0.1) is 0 Å². The largest absolute Gasteiger partial charge is 0.493 e. The second-order valence-corrected chi connectivity index (χ2v) is 12.7. The summed E-state index contributed by atoms with van der Waals surface area (Å²) in [4.78, 5) is 20.0. The highest BCUT2D eigenvalue weighted by Crippen LogP contribution is 2.38. The number of carbonyl (C=O) groups is 1. The predicted molar refractivity (Wildman–Crippen MR) is 192 cm³/mol. The molecule has 51 heavy (non-hydrogen) atoms. The number of halogens is 3. The number of pyridine rings is 1. The maximum absolute atomic E-state index is 13.4. The third-order valence-electron chi connectivity index (χ3n) is 9.37. The van der Waals surface area contributed by atoms with E-state index >= 15 is 0 Å². The zero-order chi connectivity index (χ0) is 35.0. The van der Waals surface area contributed by atoms with E-state index in [4.69, 9.17) is 9.47 Å². The number of nitrogens with one attached hydrogen (secondary N) is 2. The molecule has 1 fully saturated rings. The molecular formula is C40H34F3N5O3. The van der Waals surface area contributed by atoms with Gasteiger partial charge in [0.25, 0.3) is 5.91 Å². The SMILES string of the molecule is O=C1Nc2cc(CCOc3ccc(N4CCOCC4)cc3)ccc2Nc2cc(-c3cn(Cc4ccc(C(F)(F)F)cc4)c4cnccc34)ccc21. The zero-order valence-electron chi connectivity index (χ0n) is 27.5. The summed E-state index contributed by atoms with van der Waals surface area (Å²) < 4.78 is 52.8. The third-order valence-corrected chi connectivity index (χ3v) is 9.37. The van der Waals surface area contributed by atoms with Crippen molar-refractivity contribution in [2.24, 2.45) is 0 Å². The number of fused-ring (bicyclic) bond motifs is 3. The van der Waals surface area contributed by atoms with Gasteiger partial charge in [0.15, 0.2) is 0 Å². The molecule has 2 aromatic heterocycles. The minimum Gasteiger partial charge on any atom is -0.493 e. The van der Waals surface area contributed by atoms with Gasteiger partial charge in [0.2, 0.25) is 0 Å². The van der Waals surface area contributed by atoms with Gasteiger partial charge in [-0.3, -0.25) is 9.78 Å². The Morgan fingerprint density at radius 1 is 0.804 bits per heavy atom. The molecule has 0 saturated carbocycles. The Morgan fingerprint density at radius 2 is 1.59 bits per heavy atom. The molecule has 1 saturated heterocycles. The van der Waals surface area contributed by atoms with Crippen molar-refractivity contribution in [3.63, 3.8) is 0 Å². The smallest absolute Gasteiger partial charge is 0.416 e. The minimum atomic E-state index is -4.39. The fourth-order valence-electron chi connectivity index (χ4n) is 6.66. The Hall–Kier alpha value is -5.81. The number of benzene rings is 4. The molecule has 8 rings (SSSR count). The Kier molecular flexibility index (Phi) is 8.57. The van der Waals surface area contributed by atoms with E-state index in [2.05, 4.69) is 32.7 Å². The van der Waals surface area contributed by atoms with Crippen molar-refractivity contribution in [2.45, 2.75) is 19.1 Å². The van der Waals surface area contributed by atoms with E-state index in [0.717, 1.165) is 88.7 Å². The Morgan fingerprint density at radius 3 is 2.37 bits per heavy atom. The molecule has 0 unspecified atom stereocenters. The van der Waals surface area contributed by atoms with Gasteiger partial charge in [-0.15, -0.1) is 0 Å². The van der Waals surface area contributed by atoms with E-state index in [-0.39, 0.29) is 5.91 Å². The number of amides is 1. The molecule has 11 heteroatoms. The van der Waals surface area contributed by atoms with Gasteiger partial charge in [-0.05, 0) is 83.4 Å². The molecule has 2 N–H and O–H groups in total. The lowest BCUT2D eigenvalue weighted by atomic mass is 10.0. The number of anilines is 4. The molecule has 4 aromatic carbocycles. The standard InChI is InChI=1S/C40H34F3N5O3/c41-40(42,43)29-5-1-27(2-6-29)24-48-25-34(32-13-15-44-23-38(32)48)28-4-11-33-36(22-28)45-35-12-3-26(21-37(35)46-39(33)49)14-18-51-31-9-7-30(8-10-31)47-16-19-50-20-17-47/h1-13,15,21-23,25,45H,14,16-20,24H2,(H,46,49). The number of carbonyl (C=O) groups excluding carboxylic acids is 1. The van der Waals surface area contributed by atoms with Crippen molar-refractivity contribution in [3.05, 3.63) is 132 Å². The quantitative estimate of drug-likeness (QED) is 0.167. The highest BCUT2D eigenvalue weighted by atomic mass is 19.4. The van der Waals surface area contributed by atoms with Crippen molar-refractivity contribution < 1.29 is 27.4 Å². The molecule has 0 bridgehead atoms. The van der Waals surface area contributed by atoms with Gasteiger partial charge in [-0.1, -0.05) is 24.3 Å². The second kappa shape index (κ2) is 13.5. The van der Waals surface area contributed by atoms with Crippen molar-refractivity contribution >= 4 is 39.6 Å². The van der Waals surface area contributed by atoms with E-state index in [9.17, 15) is 18.0 Å². The minimum absolute atomic E-state index is 0.217. The molecule has 4 heterocycles. The lowest BCUT2D eigenvalue weighted by Gasteiger charge is -2.28. The molecule has 2 aliphatic rings. The number of nitrogens with zero attached hydrogens (tertiary/aromatic N) is 3. The number of aromatic nitrogens is 2. The lowest BCUT2D eigenvalue weighted by molar-refractivity contribution is -0.137. The zero-order valence-corrected chi connectivity index (χ0v) is 27.5. The summed E-state index contributed by atoms with van der Waals surface area (Å²) >= 11 is 0. The summed E-state index contributed by atoms with van der Waals surface area (Å²) in [6.07, 6.45) is 1.71. The first-order chi connectivity index (χ1) is 24.8. The average molecular weight is 690 g/mol. The van der Waals surface area contributed by atoms with Gasteiger partial charge in [0.1, 0.15) is 5.75 Å². The predicted octanol–water partition coefficient (Wildman–Crippen LogP) is 8.54. The first kappa shape index (κ1) is 32.4. The Balaban J connectivity index is 0.981. The summed E-state index contributed by atoms with van der Waals surface area (Å²) in [6, 6.07) is 26.9. The normalized spacial score (nSPS) is 14.3. The molecule has 0 aliphatic carbocycles. The van der Waals surface area contributed by atoms with Crippen LogP contribution in [0.4, 0.5) is 35.9 Å². The van der Waals surface area contributed by atoms with E-state index in [1.54, 1.807) is 18.5 Å². The van der Waals surface area contributed by atoms with Crippen LogP contribution >= 0.6 is 0 Å². The topological polar surface area (TPSA) is 80.6 Å². The summed E-state index contributed by atoms with van der Waals surface area (Å²) in [5, 5.41) is 7.46. The highest BCUT2D eigenvalue weighted by molar-refractivity contribution is 6.13. The van der Waals surface area contributed by atoms with Crippen LogP contribution in [-0.4, -0.2) is 48.4 Å². The number of rotatable bonds is 8. The van der Waals surface area contributed by atoms with Gasteiger partial charge in [0.05, 0.1) is 59.7 Å². The number of morpholine rings is 1. The molecule has 0 spiro atoms. The van der Waals surface area contributed by atoms with Crippen LogP contribution in [0.5, 0.6) is 5.75 Å². The maximum atomic E-state index is 13.4. The van der Waals surface area contributed by atoms with Crippen molar-refractivity contribution in [2.75, 3.05) is 48.4 Å². The van der Waals surface area contributed by atoms with Crippen LogP contribution in [0.3, 0.4) is 0 Å². The van der Waals surface area contributed by atoms with Crippen LogP contribution < -0.4 is 20.3 Å². The molecule has 1 amide bonds. The monoisotopic (exact) mass is 689 g/mol. The van der Waals surface area contributed by atoms with Crippen molar-refractivity contribution in [1.29, 1.82) is 0 Å². The maximum Gasteiger partial charge on any atom is 0.416 e. The number of alkyl halides is 3. The molecule has 6 aromatic rings. The molecule has 2 aliphatic heterocycles. The van der Waals surface area contributed by atoms with Crippen LogP contribution in [0.1, 0.15) is 27.0 Å². The van der Waals surface area contributed by atoms with E-state index < -0.39 is 11.7 Å². The Bertz CT molecular complexity index is 2210. The third kappa shape index (κ3) is 6.85. The van der Waals surface area contributed by atoms with Crippen molar-refractivity contribution in [3.8, 4) is 16.9 Å². The summed E-state index contributed by atoms with van der Waals surface area (Å²) in [5.41, 5.74) is 7.52. The van der Waals surface area contributed by atoms with Gasteiger partial charge in [-0.25, -0.2) is 0 Å². The van der Waals surface area contributed by atoms with Crippen LogP contribution in [0.15, 0.2) is 110 Å². The van der Waals surface area contributed by atoms with Gasteiger partial charge >= 0.3 is 6.18 Å². The number of hydrogen-bond acceptors (Lipinski definition) is 6. The molecular weight excluding hydrogens is 655 g/mol. The van der Waals surface area contributed by atoms with E-state index in [1.165, 1.54) is 12.1 Å². The summed E-state index contributed by atoms with van der Waals surface area (Å²) in [6.45, 7) is 4.11. The first-order valence-electron chi connectivity index (χ1n) is 16.8. The van der Waals surface area contributed by atoms with Gasteiger partial charge in [0, 0.05) is 55.1 Å². The Labute approximate surface area is 292 Å². The number of ether oxygens (including phenoxy) is 2. The van der Waals surface area contributed by atoms with Gasteiger partial charge in [-0.2, -0.15) is 13.2 Å². The number of hydrogen-bond donors (Lipinski definition) is 2. The lowest BCUT2D eigenvalue weighted by Crippen LogP contribution is -2.36. The second-order valence-electron chi connectivity index (χ2n) is 12.7. The molecule has 8 nitrogen and oxygen atoms in total. The highest BCUT2D eigenvalue weighted by Gasteiger charge is 2.30. The van der Waals surface area contributed by atoms with Crippen LogP contribution in [0.25, 0.3) is 22.0 Å². The van der Waals surface area contributed by atoms with Crippen LogP contribution in [0.2, 0.25) is 0 Å². The molecule has 0 atom stereocenters.